The van der Waals surface area contributed by atoms with Crippen molar-refractivity contribution in [3.8, 4) is 0 Å². The molecule has 2 N–H and O–H groups in total. The molecular formula is C15H21NO3. The van der Waals surface area contributed by atoms with Crippen LogP contribution in [0.15, 0.2) is 24.3 Å². The predicted octanol–water partition coefficient (Wildman–Crippen LogP) is 2.54. The number of hydrogen-bond donors (Lipinski definition) is 2. The zero-order valence-corrected chi connectivity index (χ0v) is 11.9. The largest absolute Gasteiger partial charge is 0.480 e. The minimum atomic E-state index is -1.40. The second-order valence-electron chi connectivity index (χ2n) is 5.51. The van der Waals surface area contributed by atoms with Crippen LogP contribution in [0.3, 0.4) is 0 Å². The summed E-state index contributed by atoms with van der Waals surface area (Å²) in [4.78, 5) is 22.7. The van der Waals surface area contributed by atoms with Crippen LogP contribution in [0.5, 0.6) is 0 Å². The molecule has 0 fully saturated rings. The van der Waals surface area contributed by atoms with Gasteiger partial charge in [0.05, 0.1) is 0 Å². The van der Waals surface area contributed by atoms with Gasteiger partial charge in [0, 0.05) is 6.54 Å². The molecule has 0 aromatic heterocycles. The zero-order chi connectivity index (χ0) is 14.6. The highest BCUT2D eigenvalue weighted by Crippen LogP contribution is 2.17. The minimum Gasteiger partial charge on any atom is -0.480 e. The van der Waals surface area contributed by atoms with Gasteiger partial charge in [0.15, 0.2) is 0 Å². The summed E-state index contributed by atoms with van der Waals surface area (Å²) in [6, 6.07) is 7.94. The van der Waals surface area contributed by atoms with E-state index in [1.165, 1.54) is 19.4 Å². The van der Waals surface area contributed by atoms with E-state index in [9.17, 15) is 9.59 Å². The fourth-order valence-electron chi connectivity index (χ4n) is 1.52. The van der Waals surface area contributed by atoms with Gasteiger partial charge in [-0.25, -0.2) is 0 Å². The van der Waals surface area contributed by atoms with E-state index >= 15 is 0 Å². The molecule has 1 amide bonds. The van der Waals surface area contributed by atoms with Gasteiger partial charge in [0.1, 0.15) is 5.41 Å². The number of aliphatic carboxylic acids is 1. The van der Waals surface area contributed by atoms with Gasteiger partial charge in [-0.15, -0.1) is 0 Å². The standard InChI is InChI=1S/C15H21NO3/c1-10(2)12-7-5-11(6-8-12)9-16-13(17)15(3,4)14(18)19/h5-8,10H,9H2,1-4H3,(H,16,17)(H,18,19). The first-order valence-corrected chi connectivity index (χ1v) is 6.35. The lowest BCUT2D eigenvalue weighted by molar-refractivity contribution is -0.153. The third kappa shape index (κ3) is 3.81. The van der Waals surface area contributed by atoms with Crippen molar-refractivity contribution in [1.29, 1.82) is 0 Å². The number of carboxylic acids is 1. The lowest BCUT2D eigenvalue weighted by atomic mass is 9.92. The van der Waals surface area contributed by atoms with Crippen molar-refractivity contribution >= 4 is 11.9 Å². The van der Waals surface area contributed by atoms with Gasteiger partial charge in [0.2, 0.25) is 5.91 Å². The van der Waals surface area contributed by atoms with Gasteiger partial charge < -0.3 is 10.4 Å². The van der Waals surface area contributed by atoms with E-state index in [1.807, 2.05) is 24.3 Å². The summed E-state index contributed by atoms with van der Waals surface area (Å²) in [5, 5.41) is 11.6. The van der Waals surface area contributed by atoms with E-state index in [0.29, 0.717) is 12.5 Å². The molecule has 0 heterocycles. The molecule has 1 rings (SSSR count). The maximum absolute atomic E-state index is 11.8. The molecule has 19 heavy (non-hydrogen) atoms. The van der Waals surface area contributed by atoms with Gasteiger partial charge in [0.25, 0.3) is 0 Å². The molecule has 0 saturated carbocycles. The summed E-state index contributed by atoms with van der Waals surface area (Å²) in [5.41, 5.74) is 0.789. The highest BCUT2D eigenvalue weighted by molar-refractivity contribution is 6.00. The van der Waals surface area contributed by atoms with Crippen LogP contribution in [0, 0.1) is 5.41 Å². The van der Waals surface area contributed by atoms with E-state index in [-0.39, 0.29) is 0 Å². The molecule has 104 valence electrons. The van der Waals surface area contributed by atoms with Crippen LogP contribution in [0.2, 0.25) is 0 Å². The fraction of sp³-hybridized carbons (Fsp3) is 0.467. The molecule has 1 aromatic rings. The Bertz CT molecular complexity index is 461. The number of rotatable bonds is 5. The number of carboxylic acid groups (broad SMARTS) is 1. The Morgan fingerprint density at radius 3 is 2.16 bits per heavy atom. The van der Waals surface area contributed by atoms with Gasteiger partial charge in [-0.05, 0) is 30.9 Å². The summed E-state index contributed by atoms with van der Waals surface area (Å²) in [7, 11) is 0. The van der Waals surface area contributed by atoms with Crippen LogP contribution < -0.4 is 5.32 Å². The highest BCUT2D eigenvalue weighted by Gasteiger charge is 2.35. The molecule has 0 saturated heterocycles. The summed E-state index contributed by atoms with van der Waals surface area (Å²) >= 11 is 0. The highest BCUT2D eigenvalue weighted by atomic mass is 16.4. The topological polar surface area (TPSA) is 66.4 Å². The number of carbonyl (C=O) groups excluding carboxylic acids is 1. The molecule has 0 bridgehead atoms. The minimum absolute atomic E-state index is 0.341. The third-order valence-corrected chi connectivity index (χ3v) is 3.20. The number of hydrogen-bond acceptors (Lipinski definition) is 2. The molecule has 0 unspecified atom stereocenters. The van der Waals surface area contributed by atoms with Crippen LogP contribution in [0.25, 0.3) is 0 Å². The second-order valence-corrected chi connectivity index (χ2v) is 5.51. The Kier molecular flexibility index (Phi) is 4.70. The van der Waals surface area contributed by atoms with Crippen molar-refractivity contribution in [2.75, 3.05) is 0 Å². The van der Waals surface area contributed by atoms with Gasteiger partial charge in [-0.3, -0.25) is 9.59 Å². The normalized spacial score (nSPS) is 11.4. The molecule has 4 heteroatoms. The smallest absolute Gasteiger partial charge is 0.318 e. The van der Waals surface area contributed by atoms with Crippen molar-refractivity contribution in [3.63, 3.8) is 0 Å². The maximum Gasteiger partial charge on any atom is 0.318 e. The lowest BCUT2D eigenvalue weighted by Crippen LogP contribution is -2.41. The summed E-state index contributed by atoms with van der Waals surface area (Å²) < 4.78 is 0. The Labute approximate surface area is 113 Å². The predicted molar refractivity (Wildman–Crippen MR) is 73.8 cm³/mol. The molecular weight excluding hydrogens is 242 g/mol. The molecule has 0 spiro atoms. The molecule has 4 nitrogen and oxygen atoms in total. The summed E-state index contributed by atoms with van der Waals surface area (Å²) in [6.45, 7) is 7.37. The lowest BCUT2D eigenvalue weighted by Gasteiger charge is -2.18. The quantitative estimate of drug-likeness (QED) is 0.802. The van der Waals surface area contributed by atoms with E-state index in [4.69, 9.17) is 5.11 Å². The van der Waals surface area contributed by atoms with E-state index in [0.717, 1.165) is 5.56 Å². The first-order chi connectivity index (χ1) is 8.75. The van der Waals surface area contributed by atoms with E-state index in [2.05, 4.69) is 19.2 Å². The maximum atomic E-state index is 11.8. The van der Waals surface area contributed by atoms with Crippen LogP contribution in [-0.4, -0.2) is 17.0 Å². The van der Waals surface area contributed by atoms with Crippen LogP contribution in [0.4, 0.5) is 0 Å². The Hall–Kier alpha value is -1.84. The third-order valence-electron chi connectivity index (χ3n) is 3.20. The molecule has 0 aliphatic rings. The van der Waals surface area contributed by atoms with Crippen LogP contribution in [0.1, 0.15) is 44.7 Å². The van der Waals surface area contributed by atoms with E-state index in [1.54, 1.807) is 0 Å². The second kappa shape index (κ2) is 5.87. The van der Waals surface area contributed by atoms with Crippen LogP contribution in [-0.2, 0) is 16.1 Å². The molecule has 0 radical (unpaired) electrons. The summed E-state index contributed by atoms with van der Waals surface area (Å²) in [6.07, 6.45) is 0. The zero-order valence-electron chi connectivity index (χ0n) is 11.9. The van der Waals surface area contributed by atoms with Crippen LogP contribution >= 0.6 is 0 Å². The van der Waals surface area contributed by atoms with Gasteiger partial charge >= 0.3 is 5.97 Å². The average molecular weight is 263 g/mol. The summed E-state index contributed by atoms with van der Waals surface area (Å²) in [5.74, 6) is -1.14. The molecule has 1 aromatic carbocycles. The van der Waals surface area contributed by atoms with Crippen molar-refractivity contribution in [3.05, 3.63) is 35.4 Å². The number of carbonyl (C=O) groups is 2. The van der Waals surface area contributed by atoms with E-state index < -0.39 is 17.3 Å². The van der Waals surface area contributed by atoms with Gasteiger partial charge in [-0.2, -0.15) is 0 Å². The number of amides is 1. The first-order valence-electron chi connectivity index (χ1n) is 6.35. The Morgan fingerprint density at radius 1 is 1.21 bits per heavy atom. The Morgan fingerprint density at radius 2 is 1.74 bits per heavy atom. The molecule has 0 atom stereocenters. The number of nitrogens with one attached hydrogen (secondary N) is 1. The monoisotopic (exact) mass is 263 g/mol. The average Bonchev–Trinajstić information content (AvgIpc) is 2.36. The Balaban J connectivity index is 2.62. The van der Waals surface area contributed by atoms with Crippen molar-refractivity contribution < 1.29 is 14.7 Å². The molecule has 0 aliphatic heterocycles. The SMILES string of the molecule is CC(C)c1ccc(CNC(=O)C(C)(C)C(=O)O)cc1. The number of benzene rings is 1. The fourth-order valence-corrected chi connectivity index (χ4v) is 1.52. The van der Waals surface area contributed by atoms with Crippen molar-refractivity contribution in [1.82, 2.24) is 5.32 Å². The molecule has 0 aliphatic carbocycles. The van der Waals surface area contributed by atoms with Gasteiger partial charge in [-0.1, -0.05) is 38.1 Å². The first kappa shape index (κ1) is 15.2. The van der Waals surface area contributed by atoms with Crippen molar-refractivity contribution in [2.45, 2.75) is 40.2 Å². The van der Waals surface area contributed by atoms with Crippen molar-refractivity contribution in [2.24, 2.45) is 5.41 Å².